The molecule has 5 rings (SSSR count). The van der Waals surface area contributed by atoms with Crippen molar-refractivity contribution in [1.82, 2.24) is 9.38 Å². The maximum atomic E-state index is 13.6. The van der Waals surface area contributed by atoms with Gasteiger partial charge in [-0.1, -0.05) is 46.9 Å². The molecule has 0 amide bonds. The highest BCUT2D eigenvalue weighted by molar-refractivity contribution is 7.15. The molecule has 3 heterocycles. The van der Waals surface area contributed by atoms with Gasteiger partial charge in [-0.15, -0.1) is 11.3 Å². The molecule has 1 N–H and O–H groups in total. The maximum Gasteiger partial charge on any atom is 0.416 e. The standard InChI is InChI=1S/C26H15Cl3F3N3O2S/c1-13-3-2-8-34-22(13)35(12-16-11-33-25(29)38-16)24(37)21(23(34)36)14-4-7-19(27)18(9-14)17-6-5-15(10-20(17)28)26(30,31)32/h2-11H,12H2,1H3/p+1. The molecule has 0 saturated heterocycles. The highest BCUT2D eigenvalue weighted by Crippen LogP contribution is 2.40. The second kappa shape index (κ2) is 9.89. The van der Waals surface area contributed by atoms with Crippen LogP contribution in [0.3, 0.4) is 0 Å². The minimum Gasteiger partial charge on any atom is -0.477 e. The molecule has 0 unspecified atom stereocenters. The Balaban J connectivity index is 1.74. The molecule has 0 bridgehead atoms. The molecule has 0 spiro atoms. The van der Waals surface area contributed by atoms with Gasteiger partial charge in [0.15, 0.2) is 10.0 Å². The molecule has 0 aliphatic rings. The number of halogens is 6. The van der Waals surface area contributed by atoms with Crippen LogP contribution in [0.25, 0.3) is 27.9 Å². The van der Waals surface area contributed by atoms with Gasteiger partial charge in [0, 0.05) is 32.9 Å². The molecule has 0 aliphatic carbocycles. The summed E-state index contributed by atoms with van der Waals surface area (Å²) in [5.74, 6) is -0.305. The second-order valence-electron chi connectivity index (χ2n) is 8.44. The minimum absolute atomic E-state index is 0.0235. The molecule has 5 aromatic rings. The van der Waals surface area contributed by atoms with Gasteiger partial charge < -0.3 is 5.11 Å². The topological polar surface area (TPSA) is 58.5 Å². The maximum absolute atomic E-state index is 13.6. The van der Waals surface area contributed by atoms with Gasteiger partial charge in [0.05, 0.1) is 16.6 Å². The Labute approximate surface area is 232 Å². The van der Waals surface area contributed by atoms with Crippen LogP contribution in [-0.2, 0) is 12.7 Å². The van der Waals surface area contributed by atoms with Gasteiger partial charge in [-0.25, -0.2) is 9.78 Å². The van der Waals surface area contributed by atoms with Gasteiger partial charge in [0.2, 0.25) is 0 Å². The Kier molecular flexibility index (Phi) is 6.89. The third-order valence-electron chi connectivity index (χ3n) is 6.01. The van der Waals surface area contributed by atoms with Crippen LogP contribution >= 0.6 is 46.1 Å². The van der Waals surface area contributed by atoms with Crippen LogP contribution in [0.2, 0.25) is 14.5 Å². The monoisotopic (exact) mass is 596 g/mol. The van der Waals surface area contributed by atoms with Gasteiger partial charge in [-0.2, -0.15) is 22.1 Å². The van der Waals surface area contributed by atoms with Crippen molar-refractivity contribution in [2.75, 3.05) is 0 Å². The molecule has 0 aliphatic heterocycles. The van der Waals surface area contributed by atoms with Gasteiger partial charge >= 0.3 is 11.7 Å². The Hall–Kier alpha value is -3.11. The van der Waals surface area contributed by atoms with E-state index in [1.165, 1.54) is 33.9 Å². The van der Waals surface area contributed by atoms with E-state index in [0.717, 1.165) is 22.6 Å². The summed E-state index contributed by atoms with van der Waals surface area (Å²) in [7, 11) is 0. The number of fused-ring (bicyclic) bond motifs is 1. The smallest absolute Gasteiger partial charge is 0.416 e. The highest BCUT2D eigenvalue weighted by Gasteiger charge is 2.31. The van der Waals surface area contributed by atoms with E-state index in [-0.39, 0.29) is 33.6 Å². The van der Waals surface area contributed by atoms with Crippen LogP contribution in [0, 0.1) is 6.92 Å². The second-order valence-corrected chi connectivity index (χ2v) is 11.0. The molecule has 38 heavy (non-hydrogen) atoms. The molecular formula is C26H16Cl3F3N3O2S+. The molecule has 0 saturated carbocycles. The summed E-state index contributed by atoms with van der Waals surface area (Å²) in [5, 5.41) is 11.5. The predicted molar refractivity (Wildman–Crippen MR) is 142 cm³/mol. The number of hydrogen-bond acceptors (Lipinski definition) is 4. The first-order chi connectivity index (χ1) is 18.0. The van der Waals surface area contributed by atoms with E-state index in [2.05, 4.69) is 4.98 Å². The molecular weight excluding hydrogens is 582 g/mol. The van der Waals surface area contributed by atoms with Crippen molar-refractivity contribution in [3.05, 3.63) is 102 Å². The Morgan fingerprint density at radius 1 is 1.05 bits per heavy atom. The number of pyridine rings is 1. The van der Waals surface area contributed by atoms with Crippen molar-refractivity contribution in [3.63, 3.8) is 0 Å². The molecule has 0 atom stereocenters. The van der Waals surface area contributed by atoms with E-state index in [0.29, 0.717) is 21.2 Å². The summed E-state index contributed by atoms with van der Waals surface area (Å²) in [6.45, 7) is 2.00. The lowest BCUT2D eigenvalue weighted by Crippen LogP contribution is -2.41. The predicted octanol–water partition coefficient (Wildman–Crippen LogP) is 7.42. The first-order valence-electron chi connectivity index (χ1n) is 11.0. The summed E-state index contributed by atoms with van der Waals surface area (Å²) < 4.78 is 42.8. The van der Waals surface area contributed by atoms with Crippen LogP contribution in [0.5, 0.6) is 5.88 Å². The number of benzene rings is 2. The summed E-state index contributed by atoms with van der Waals surface area (Å²) >= 11 is 19.9. The van der Waals surface area contributed by atoms with E-state index in [4.69, 9.17) is 34.8 Å². The number of aryl methyl sites for hydroxylation is 1. The van der Waals surface area contributed by atoms with Gasteiger partial charge in [0.1, 0.15) is 6.54 Å². The largest absolute Gasteiger partial charge is 0.477 e. The fourth-order valence-corrected chi connectivity index (χ4v) is 5.75. The number of thiazole rings is 1. The molecule has 0 fully saturated rings. The fourth-order valence-electron chi connectivity index (χ4n) is 4.28. The molecule has 5 nitrogen and oxygen atoms in total. The zero-order chi connectivity index (χ0) is 27.4. The van der Waals surface area contributed by atoms with E-state index in [1.807, 2.05) is 13.0 Å². The fraction of sp³-hybridized carbons (Fsp3) is 0.115. The molecule has 12 heteroatoms. The first-order valence-corrected chi connectivity index (χ1v) is 12.9. The number of aromatic nitrogens is 3. The van der Waals surface area contributed by atoms with E-state index < -0.39 is 17.3 Å². The third-order valence-corrected chi connectivity index (χ3v) is 7.75. The van der Waals surface area contributed by atoms with Crippen LogP contribution in [0.15, 0.2) is 65.7 Å². The quantitative estimate of drug-likeness (QED) is 0.219. The lowest BCUT2D eigenvalue weighted by molar-refractivity contribution is -0.671. The highest BCUT2D eigenvalue weighted by atomic mass is 35.5. The minimum atomic E-state index is -4.56. The Bertz CT molecular complexity index is 1780. The van der Waals surface area contributed by atoms with Crippen LogP contribution in [-0.4, -0.2) is 14.5 Å². The van der Waals surface area contributed by atoms with Crippen LogP contribution in [0.1, 0.15) is 16.0 Å². The Morgan fingerprint density at radius 2 is 1.82 bits per heavy atom. The molecule has 3 aromatic heterocycles. The molecule has 2 aromatic carbocycles. The number of nitrogens with zero attached hydrogens (tertiary/aromatic N) is 3. The van der Waals surface area contributed by atoms with Gasteiger partial charge in [-0.05, 0) is 48.9 Å². The SMILES string of the molecule is Cc1cccn2c(=O)c(-c3ccc(Cl)c(-c4ccc(C(F)(F)F)cc4Cl)c3)c(O)[n+](Cc3cnc(Cl)s3)c12. The van der Waals surface area contributed by atoms with Crippen molar-refractivity contribution < 1.29 is 22.8 Å². The average molecular weight is 598 g/mol. The van der Waals surface area contributed by atoms with E-state index >= 15 is 0 Å². The van der Waals surface area contributed by atoms with E-state index in [9.17, 15) is 23.1 Å². The number of alkyl halides is 3. The third kappa shape index (κ3) is 4.75. The summed E-state index contributed by atoms with van der Waals surface area (Å²) in [4.78, 5) is 18.4. The number of rotatable bonds is 4. The van der Waals surface area contributed by atoms with Crippen molar-refractivity contribution in [3.8, 4) is 28.1 Å². The van der Waals surface area contributed by atoms with Crippen molar-refractivity contribution in [2.24, 2.45) is 0 Å². The lowest BCUT2D eigenvalue weighted by atomic mass is 9.98. The zero-order valence-corrected chi connectivity index (χ0v) is 22.4. The summed E-state index contributed by atoms with van der Waals surface area (Å²) in [6.07, 6.45) is -1.38. The van der Waals surface area contributed by atoms with Crippen molar-refractivity contribution in [1.29, 1.82) is 0 Å². The van der Waals surface area contributed by atoms with E-state index in [1.54, 1.807) is 29.1 Å². The van der Waals surface area contributed by atoms with Crippen molar-refractivity contribution in [2.45, 2.75) is 19.6 Å². The molecule has 0 radical (unpaired) electrons. The zero-order valence-electron chi connectivity index (χ0n) is 19.4. The number of hydrogen-bond donors (Lipinski definition) is 1. The summed E-state index contributed by atoms with van der Waals surface area (Å²) in [5.41, 5.74) is 0.653. The van der Waals surface area contributed by atoms with Gasteiger partial charge in [0.25, 0.3) is 11.5 Å². The average Bonchev–Trinajstić information content (AvgIpc) is 3.27. The summed E-state index contributed by atoms with van der Waals surface area (Å²) in [6, 6.07) is 11.0. The first kappa shape index (κ1) is 26.5. The molecule has 194 valence electrons. The lowest BCUT2D eigenvalue weighted by Gasteiger charge is -2.14. The number of aromatic hydroxyl groups is 1. The van der Waals surface area contributed by atoms with Crippen LogP contribution in [0.4, 0.5) is 13.2 Å². The van der Waals surface area contributed by atoms with Crippen molar-refractivity contribution >= 4 is 51.8 Å². The Morgan fingerprint density at radius 3 is 2.47 bits per heavy atom. The normalized spacial score (nSPS) is 11.9. The van der Waals surface area contributed by atoms with Crippen LogP contribution < -0.4 is 10.1 Å². The van der Waals surface area contributed by atoms with Gasteiger partial charge in [-0.3, -0.25) is 0 Å².